The highest BCUT2D eigenvalue weighted by molar-refractivity contribution is 6.18. The topological polar surface area (TPSA) is 41.9 Å². The number of allylic oxidation sites excluding steroid dienone is 2. The molecule has 2 unspecified atom stereocenters. The molecule has 4 heteroatoms. The Morgan fingerprint density at radius 1 is 0.418 bits per heavy atom. The molecule has 2 aliphatic rings. The van der Waals surface area contributed by atoms with Crippen molar-refractivity contribution in [2.24, 2.45) is 0 Å². The Hall–Kier alpha value is -7.17. The number of hydrogen-bond donors (Lipinski definition) is 0. The lowest BCUT2D eigenvalue weighted by Gasteiger charge is -2.30. The molecule has 4 nitrogen and oxygen atoms in total. The highest BCUT2D eigenvalue weighted by Crippen LogP contribution is 2.53. The molecule has 258 valence electrons. The van der Waals surface area contributed by atoms with Crippen molar-refractivity contribution in [3.8, 4) is 45.0 Å². The summed E-state index contributed by atoms with van der Waals surface area (Å²) in [5.41, 5.74) is 13.0. The molecule has 0 amide bonds. The molecule has 0 saturated heterocycles. The van der Waals surface area contributed by atoms with E-state index in [0.717, 1.165) is 61.0 Å². The molecular formula is C51H34N4. The van der Waals surface area contributed by atoms with Crippen LogP contribution in [-0.2, 0) is 0 Å². The monoisotopic (exact) mass is 702 g/mol. The summed E-state index contributed by atoms with van der Waals surface area (Å²) in [6.45, 7) is 0. The molecule has 0 radical (unpaired) electrons. The second-order valence-corrected chi connectivity index (χ2v) is 14.3. The molecule has 2 aromatic heterocycles. The average molecular weight is 703 g/mol. The van der Waals surface area contributed by atoms with Gasteiger partial charge in [0.25, 0.3) is 0 Å². The van der Waals surface area contributed by atoms with Gasteiger partial charge in [-0.15, -0.1) is 0 Å². The SMILES string of the molecule is C1=CC2c3ccc4c(-c5ccccc5)nc5ccccc5c4c3N(c3cccc(-c4nc(-c5ccc(-c6ccccc6)cc5)c5ccccc5n4)c3)C2C=C1. The van der Waals surface area contributed by atoms with Gasteiger partial charge in [0.15, 0.2) is 5.82 Å². The molecule has 9 aromatic rings. The Kier molecular flexibility index (Phi) is 7.27. The smallest absolute Gasteiger partial charge is 0.160 e. The molecule has 1 aliphatic carbocycles. The third-order valence-electron chi connectivity index (χ3n) is 11.2. The van der Waals surface area contributed by atoms with Crippen LogP contribution in [0.5, 0.6) is 0 Å². The van der Waals surface area contributed by atoms with E-state index in [2.05, 4.69) is 199 Å². The first-order valence-corrected chi connectivity index (χ1v) is 18.9. The summed E-state index contributed by atoms with van der Waals surface area (Å²) in [7, 11) is 0. The number of hydrogen-bond acceptors (Lipinski definition) is 4. The maximum Gasteiger partial charge on any atom is 0.160 e. The van der Waals surface area contributed by atoms with Gasteiger partial charge in [-0.1, -0.05) is 170 Å². The summed E-state index contributed by atoms with van der Waals surface area (Å²) >= 11 is 0. The third kappa shape index (κ3) is 5.18. The summed E-state index contributed by atoms with van der Waals surface area (Å²) in [4.78, 5) is 18.3. The molecule has 1 aliphatic heterocycles. The van der Waals surface area contributed by atoms with Gasteiger partial charge >= 0.3 is 0 Å². The number of pyridine rings is 1. The van der Waals surface area contributed by atoms with Crippen LogP contribution in [0.2, 0.25) is 0 Å². The second-order valence-electron chi connectivity index (χ2n) is 14.3. The maximum atomic E-state index is 5.31. The predicted molar refractivity (Wildman–Crippen MR) is 227 cm³/mol. The van der Waals surface area contributed by atoms with Crippen LogP contribution < -0.4 is 4.90 Å². The molecule has 0 spiro atoms. The van der Waals surface area contributed by atoms with Crippen molar-refractivity contribution < 1.29 is 0 Å². The first kappa shape index (κ1) is 31.4. The van der Waals surface area contributed by atoms with E-state index >= 15 is 0 Å². The minimum atomic E-state index is 0.115. The van der Waals surface area contributed by atoms with Crippen LogP contribution in [0.15, 0.2) is 194 Å². The van der Waals surface area contributed by atoms with Crippen LogP contribution in [0.3, 0.4) is 0 Å². The fourth-order valence-electron chi connectivity index (χ4n) is 8.64. The van der Waals surface area contributed by atoms with Crippen LogP contribution in [0.1, 0.15) is 11.5 Å². The predicted octanol–water partition coefficient (Wildman–Crippen LogP) is 12.7. The van der Waals surface area contributed by atoms with Gasteiger partial charge in [-0.3, -0.25) is 0 Å². The second kappa shape index (κ2) is 12.8. The van der Waals surface area contributed by atoms with Crippen LogP contribution in [0, 0.1) is 0 Å². The fraction of sp³-hybridized carbons (Fsp3) is 0.0392. The fourth-order valence-corrected chi connectivity index (χ4v) is 8.64. The van der Waals surface area contributed by atoms with E-state index in [9.17, 15) is 0 Å². The Morgan fingerprint density at radius 3 is 1.82 bits per heavy atom. The van der Waals surface area contributed by atoms with Crippen LogP contribution >= 0.6 is 0 Å². The first-order chi connectivity index (χ1) is 27.3. The molecular weight excluding hydrogens is 669 g/mol. The lowest BCUT2D eigenvalue weighted by molar-refractivity contribution is 0.745. The van der Waals surface area contributed by atoms with Crippen molar-refractivity contribution in [3.63, 3.8) is 0 Å². The van der Waals surface area contributed by atoms with Crippen LogP contribution in [0.4, 0.5) is 11.4 Å². The van der Waals surface area contributed by atoms with E-state index in [1.165, 1.54) is 27.8 Å². The van der Waals surface area contributed by atoms with E-state index in [1.54, 1.807) is 0 Å². The van der Waals surface area contributed by atoms with Gasteiger partial charge in [-0.25, -0.2) is 15.0 Å². The lowest BCUT2D eigenvalue weighted by atomic mass is 9.89. The maximum absolute atomic E-state index is 5.31. The van der Waals surface area contributed by atoms with Gasteiger partial charge in [-0.2, -0.15) is 0 Å². The molecule has 0 saturated carbocycles. The Bertz CT molecular complexity index is 2990. The van der Waals surface area contributed by atoms with E-state index in [4.69, 9.17) is 15.0 Å². The highest BCUT2D eigenvalue weighted by Gasteiger charge is 2.39. The minimum Gasteiger partial charge on any atom is -0.333 e. The van der Waals surface area contributed by atoms with Crippen LogP contribution in [0.25, 0.3) is 77.6 Å². The number of rotatable bonds is 5. The molecule has 0 N–H and O–H groups in total. The van der Waals surface area contributed by atoms with Crippen molar-refractivity contribution in [1.82, 2.24) is 15.0 Å². The van der Waals surface area contributed by atoms with Crippen molar-refractivity contribution >= 4 is 44.0 Å². The lowest BCUT2D eigenvalue weighted by Crippen LogP contribution is -2.28. The Labute approximate surface area is 319 Å². The van der Waals surface area contributed by atoms with Crippen molar-refractivity contribution in [1.29, 1.82) is 0 Å². The summed E-state index contributed by atoms with van der Waals surface area (Å²) in [5.74, 6) is 0.916. The summed E-state index contributed by atoms with van der Waals surface area (Å²) < 4.78 is 0. The highest BCUT2D eigenvalue weighted by atomic mass is 15.2. The largest absolute Gasteiger partial charge is 0.333 e. The Morgan fingerprint density at radius 2 is 1.02 bits per heavy atom. The molecule has 0 fully saturated rings. The van der Waals surface area contributed by atoms with E-state index < -0.39 is 0 Å². The first-order valence-electron chi connectivity index (χ1n) is 18.9. The number of para-hydroxylation sites is 2. The number of fused-ring (bicyclic) bond motifs is 8. The quantitative estimate of drug-likeness (QED) is 0.167. The molecule has 0 bridgehead atoms. The summed E-state index contributed by atoms with van der Waals surface area (Å²) in [5, 5.41) is 4.57. The molecule has 11 rings (SSSR count). The number of benzene rings is 7. The standard InChI is InChI=1S/C51H34N4/c1-3-14-33(15-4-1)34-26-28-36(29-27-34)48-42-22-8-11-24-45(42)53-51(54-48)37-18-13-19-38(32-37)55-46-25-12-9-20-39(46)40-30-31-43-47(50(40)55)41-21-7-10-23-44(41)52-49(43)35-16-5-2-6-17-35/h1-32,39,46H. The van der Waals surface area contributed by atoms with Gasteiger partial charge in [0.2, 0.25) is 0 Å². The van der Waals surface area contributed by atoms with E-state index in [0.29, 0.717) is 5.82 Å². The van der Waals surface area contributed by atoms with Gasteiger partial charge in [0.05, 0.1) is 34.2 Å². The zero-order valence-electron chi connectivity index (χ0n) is 29.9. The van der Waals surface area contributed by atoms with Crippen molar-refractivity contribution in [2.75, 3.05) is 4.90 Å². The zero-order valence-corrected chi connectivity index (χ0v) is 29.9. The number of nitrogens with zero attached hydrogens (tertiary/aromatic N) is 4. The van der Waals surface area contributed by atoms with E-state index in [-0.39, 0.29) is 12.0 Å². The molecule has 7 aromatic carbocycles. The number of aromatic nitrogens is 3. The molecule has 3 heterocycles. The van der Waals surface area contributed by atoms with Crippen molar-refractivity contribution in [3.05, 3.63) is 200 Å². The minimum absolute atomic E-state index is 0.115. The van der Waals surface area contributed by atoms with Gasteiger partial charge in [0.1, 0.15) is 0 Å². The van der Waals surface area contributed by atoms with E-state index in [1.807, 2.05) is 0 Å². The third-order valence-corrected chi connectivity index (χ3v) is 11.2. The summed E-state index contributed by atoms with van der Waals surface area (Å²) in [6, 6.07) is 60.2. The molecule has 55 heavy (non-hydrogen) atoms. The summed E-state index contributed by atoms with van der Waals surface area (Å²) in [6.07, 6.45) is 9.06. The van der Waals surface area contributed by atoms with Crippen LogP contribution in [-0.4, -0.2) is 21.0 Å². The normalized spacial score (nSPS) is 15.8. The number of anilines is 2. The van der Waals surface area contributed by atoms with Gasteiger partial charge in [0, 0.05) is 49.8 Å². The van der Waals surface area contributed by atoms with Crippen molar-refractivity contribution in [2.45, 2.75) is 12.0 Å². The molecule has 2 atom stereocenters. The zero-order chi connectivity index (χ0) is 36.3. The van der Waals surface area contributed by atoms with Gasteiger partial charge < -0.3 is 4.90 Å². The Balaban J connectivity index is 1.09. The van der Waals surface area contributed by atoms with Gasteiger partial charge in [-0.05, 0) is 41.0 Å². The average Bonchev–Trinajstić information content (AvgIpc) is 3.61.